The molecule has 94 valence electrons. The predicted molar refractivity (Wildman–Crippen MR) is 76.9 cm³/mol. The van der Waals surface area contributed by atoms with Crippen molar-refractivity contribution in [3.05, 3.63) is 28.7 Å². The van der Waals surface area contributed by atoms with Crippen LogP contribution in [-0.2, 0) is 4.79 Å². The molecule has 1 aromatic carbocycles. The number of benzene rings is 1. The van der Waals surface area contributed by atoms with Gasteiger partial charge in [-0.2, -0.15) is 0 Å². The molecule has 2 nitrogen and oxygen atoms in total. The van der Waals surface area contributed by atoms with E-state index in [1.807, 2.05) is 24.3 Å². The normalized spacial score (nSPS) is 10.2. The van der Waals surface area contributed by atoms with Gasteiger partial charge >= 0.3 is 0 Å². The molecular formula is C13H16Br2O2. The molecule has 0 radical (unpaired) electrons. The lowest BCUT2D eigenvalue weighted by Gasteiger charge is -2.05. The van der Waals surface area contributed by atoms with Crippen molar-refractivity contribution in [2.24, 2.45) is 0 Å². The van der Waals surface area contributed by atoms with E-state index in [1.165, 1.54) is 0 Å². The van der Waals surface area contributed by atoms with E-state index in [0.717, 1.165) is 28.4 Å². The average Bonchev–Trinajstić information content (AvgIpc) is 2.32. The van der Waals surface area contributed by atoms with E-state index >= 15 is 0 Å². The summed E-state index contributed by atoms with van der Waals surface area (Å²) in [5.74, 6) is 1.16. The Labute approximate surface area is 119 Å². The summed E-state index contributed by atoms with van der Waals surface area (Å²) in [5, 5.41) is 0.896. The summed E-state index contributed by atoms with van der Waals surface area (Å²) in [6.45, 7) is 0.594. The molecule has 0 fully saturated rings. The van der Waals surface area contributed by atoms with Gasteiger partial charge in [-0.15, -0.1) is 0 Å². The van der Waals surface area contributed by atoms with Gasteiger partial charge in [0.2, 0.25) is 0 Å². The Balaban J connectivity index is 2.14. The lowest BCUT2D eigenvalue weighted by Crippen LogP contribution is -2.03. The van der Waals surface area contributed by atoms with Gasteiger partial charge in [0.1, 0.15) is 11.5 Å². The van der Waals surface area contributed by atoms with E-state index in [-0.39, 0.29) is 0 Å². The maximum atomic E-state index is 11.4. The molecule has 0 atom stereocenters. The van der Waals surface area contributed by atoms with Crippen LogP contribution in [0, 0.1) is 0 Å². The third-order valence-electron chi connectivity index (χ3n) is 2.25. The molecule has 0 aliphatic heterocycles. The van der Waals surface area contributed by atoms with Crippen LogP contribution in [0.4, 0.5) is 0 Å². The van der Waals surface area contributed by atoms with E-state index in [2.05, 4.69) is 31.9 Å². The molecule has 0 heterocycles. The zero-order valence-electron chi connectivity index (χ0n) is 9.62. The third-order valence-corrected chi connectivity index (χ3v) is 3.31. The second-order valence-corrected chi connectivity index (χ2v) is 5.45. The van der Waals surface area contributed by atoms with Gasteiger partial charge in [0.05, 0.1) is 6.61 Å². The third kappa shape index (κ3) is 6.84. The van der Waals surface area contributed by atoms with Crippen molar-refractivity contribution in [3.8, 4) is 5.75 Å². The van der Waals surface area contributed by atoms with Crippen LogP contribution in [0.2, 0.25) is 0 Å². The van der Waals surface area contributed by atoms with E-state index in [1.54, 1.807) is 0 Å². The van der Waals surface area contributed by atoms with Crippen LogP contribution >= 0.6 is 31.9 Å². The number of alkyl halides is 1. The Bertz CT molecular complexity index is 353. The molecular weight excluding hydrogens is 348 g/mol. The molecule has 17 heavy (non-hydrogen) atoms. The second kappa shape index (κ2) is 8.70. The molecule has 0 saturated carbocycles. The zero-order chi connectivity index (χ0) is 12.5. The van der Waals surface area contributed by atoms with E-state index in [0.29, 0.717) is 25.2 Å². The van der Waals surface area contributed by atoms with Crippen LogP contribution in [0.25, 0.3) is 0 Å². The molecule has 0 aliphatic carbocycles. The molecule has 0 N–H and O–H groups in total. The average molecular weight is 364 g/mol. The van der Waals surface area contributed by atoms with Gasteiger partial charge in [-0.25, -0.2) is 0 Å². The van der Waals surface area contributed by atoms with Gasteiger partial charge in [0, 0.05) is 22.6 Å². The zero-order valence-corrected chi connectivity index (χ0v) is 12.8. The SMILES string of the molecule is O=C(CCCBr)CCCOc1cccc(Br)c1. The molecule has 0 amide bonds. The maximum Gasteiger partial charge on any atom is 0.133 e. The topological polar surface area (TPSA) is 26.3 Å². The van der Waals surface area contributed by atoms with Crippen molar-refractivity contribution < 1.29 is 9.53 Å². The fraction of sp³-hybridized carbons (Fsp3) is 0.462. The molecule has 0 saturated heterocycles. The minimum absolute atomic E-state index is 0.322. The monoisotopic (exact) mass is 362 g/mol. The Kier molecular flexibility index (Phi) is 7.53. The minimum atomic E-state index is 0.322. The van der Waals surface area contributed by atoms with Crippen molar-refractivity contribution in [2.45, 2.75) is 25.7 Å². The van der Waals surface area contributed by atoms with Crippen LogP contribution in [0.5, 0.6) is 5.75 Å². The van der Waals surface area contributed by atoms with E-state index < -0.39 is 0 Å². The van der Waals surface area contributed by atoms with Crippen molar-refractivity contribution in [1.29, 1.82) is 0 Å². The Hall–Kier alpha value is -0.350. The molecule has 0 aromatic heterocycles. The summed E-state index contributed by atoms with van der Waals surface area (Å²) in [6.07, 6.45) is 2.99. The molecule has 1 aromatic rings. The first-order chi connectivity index (χ1) is 8.22. The first-order valence-corrected chi connectivity index (χ1v) is 7.60. The summed E-state index contributed by atoms with van der Waals surface area (Å²) < 4.78 is 6.55. The number of ether oxygens (including phenoxy) is 1. The predicted octanol–water partition coefficient (Wildman–Crippen LogP) is 4.35. The summed E-state index contributed by atoms with van der Waals surface area (Å²) >= 11 is 6.70. The number of halogens is 2. The number of hydrogen-bond donors (Lipinski definition) is 0. The van der Waals surface area contributed by atoms with E-state index in [9.17, 15) is 4.79 Å². The highest BCUT2D eigenvalue weighted by Crippen LogP contribution is 2.17. The Morgan fingerprint density at radius 2 is 2.00 bits per heavy atom. The first-order valence-electron chi connectivity index (χ1n) is 5.68. The first kappa shape index (κ1) is 14.7. The van der Waals surface area contributed by atoms with Crippen LogP contribution in [-0.4, -0.2) is 17.7 Å². The standard InChI is InChI=1S/C13H16Br2O2/c14-8-2-5-12(16)6-3-9-17-13-7-1-4-11(15)10-13/h1,4,7,10H,2-3,5-6,8-9H2. The number of rotatable bonds is 8. The van der Waals surface area contributed by atoms with Gasteiger partial charge in [-0.05, 0) is 31.0 Å². The Morgan fingerprint density at radius 3 is 2.71 bits per heavy atom. The van der Waals surface area contributed by atoms with Crippen LogP contribution < -0.4 is 4.74 Å². The van der Waals surface area contributed by atoms with Gasteiger partial charge in [0.15, 0.2) is 0 Å². The molecule has 1 rings (SSSR count). The number of Topliss-reactive ketones (excluding diaryl/α,β-unsaturated/α-hetero) is 1. The molecule has 0 spiro atoms. The fourth-order valence-electron chi connectivity index (χ4n) is 1.41. The summed E-state index contributed by atoms with van der Waals surface area (Å²) in [4.78, 5) is 11.4. The Morgan fingerprint density at radius 1 is 1.24 bits per heavy atom. The van der Waals surface area contributed by atoms with Crippen molar-refractivity contribution in [2.75, 3.05) is 11.9 Å². The highest BCUT2D eigenvalue weighted by molar-refractivity contribution is 9.10. The smallest absolute Gasteiger partial charge is 0.133 e. The van der Waals surface area contributed by atoms with Crippen LogP contribution in [0.1, 0.15) is 25.7 Å². The van der Waals surface area contributed by atoms with Crippen molar-refractivity contribution in [3.63, 3.8) is 0 Å². The lowest BCUT2D eigenvalue weighted by atomic mass is 10.1. The van der Waals surface area contributed by atoms with Crippen molar-refractivity contribution in [1.82, 2.24) is 0 Å². The van der Waals surface area contributed by atoms with Crippen LogP contribution in [0.15, 0.2) is 28.7 Å². The molecule has 0 aliphatic rings. The summed E-state index contributed by atoms with van der Waals surface area (Å²) in [7, 11) is 0. The highest BCUT2D eigenvalue weighted by atomic mass is 79.9. The quantitative estimate of drug-likeness (QED) is 0.507. The molecule has 0 bridgehead atoms. The van der Waals surface area contributed by atoms with Crippen LogP contribution in [0.3, 0.4) is 0 Å². The fourth-order valence-corrected chi connectivity index (χ4v) is 2.06. The number of ketones is 1. The highest BCUT2D eigenvalue weighted by Gasteiger charge is 2.01. The summed E-state index contributed by atoms with van der Waals surface area (Å²) in [5.41, 5.74) is 0. The summed E-state index contributed by atoms with van der Waals surface area (Å²) in [6, 6.07) is 7.72. The van der Waals surface area contributed by atoms with E-state index in [4.69, 9.17) is 4.74 Å². The number of hydrogen-bond acceptors (Lipinski definition) is 2. The van der Waals surface area contributed by atoms with Gasteiger partial charge in [0.25, 0.3) is 0 Å². The number of carbonyl (C=O) groups is 1. The minimum Gasteiger partial charge on any atom is -0.494 e. The number of carbonyl (C=O) groups excluding carboxylic acids is 1. The largest absolute Gasteiger partial charge is 0.494 e. The van der Waals surface area contributed by atoms with Gasteiger partial charge in [-0.3, -0.25) is 4.79 Å². The molecule has 4 heteroatoms. The van der Waals surface area contributed by atoms with Gasteiger partial charge in [-0.1, -0.05) is 37.9 Å². The molecule has 0 unspecified atom stereocenters. The van der Waals surface area contributed by atoms with Gasteiger partial charge < -0.3 is 4.74 Å². The van der Waals surface area contributed by atoms with Crippen molar-refractivity contribution >= 4 is 37.6 Å². The second-order valence-electron chi connectivity index (χ2n) is 3.74. The lowest BCUT2D eigenvalue weighted by molar-refractivity contribution is -0.119. The maximum absolute atomic E-state index is 11.4.